The molecule has 0 bridgehead atoms. The highest BCUT2D eigenvalue weighted by Gasteiger charge is 2.25. The molecule has 0 atom stereocenters. The first kappa shape index (κ1) is 15.0. The van der Waals surface area contributed by atoms with E-state index in [1.807, 2.05) is 0 Å². The SMILES string of the molecule is COCCN(CCBr)S(=O)(=O)c1cnc(C)s1. The third kappa shape index (κ3) is 3.99. The molecule has 17 heavy (non-hydrogen) atoms. The minimum absolute atomic E-state index is 0.284. The highest BCUT2D eigenvalue weighted by atomic mass is 79.9. The van der Waals surface area contributed by atoms with Gasteiger partial charge in [0.05, 0.1) is 17.8 Å². The zero-order chi connectivity index (χ0) is 12.9. The first-order valence-electron chi connectivity index (χ1n) is 5.00. The molecule has 0 spiro atoms. The quantitative estimate of drug-likeness (QED) is 0.704. The van der Waals surface area contributed by atoms with Crippen LogP contribution in [0.1, 0.15) is 5.01 Å². The van der Waals surface area contributed by atoms with Crippen molar-refractivity contribution in [1.29, 1.82) is 0 Å². The van der Waals surface area contributed by atoms with Crippen LogP contribution in [0.5, 0.6) is 0 Å². The summed E-state index contributed by atoms with van der Waals surface area (Å²) in [7, 11) is -1.88. The molecule has 0 N–H and O–H groups in total. The zero-order valence-electron chi connectivity index (χ0n) is 9.72. The van der Waals surface area contributed by atoms with E-state index in [4.69, 9.17) is 4.74 Å². The minimum Gasteiger partial charge on any atom is -0.383 e. The standard InChI is InChI=1S/C9H15BrN2O3S2/c1-8-11-7-9(16-8)17(13,14)12(4-3-10)5-6-15-2/h7H,3-6H2,1-2H3. The maximum atomic E-state index is 12.3. The Bertz CT molecular complexity index is 447. The van der Waals surface area contributed by atoms with Crippen molar-refractivity contribution >= 4 is 37.3 Å². The maximum absolute atomic E-state index is 12.3. The number of nitrogens with zero attached hydrogens (tertiary/aromatic N) is 2. The normalized spacial score (nSPS) is 12.2. The summed E-state index contributed by atoms with van der Waals surface area (Å²) in [6.45, 7) is 2.93. The van der Waals surface area contributed by atoms with Crippen molar-refractivity contribution in [1.82, 2.24) is 9.29 Å². The van der Waals surface area contributed by atoms with E-state index in [1.165, 1.54) is 21.8 Å². The van der Waals surface area contributed by atoms with Gasteiger partial charge in [0.1, 0.15) is 0 Å². The van der Waals surface area contributed by atoms with Crippen LogP contribution in [-0.4, -0.2) is 49.8 Å². The van der Waals surface area contributed by atoms with E-state index in [0.29, 0.717) is 25.0 Å². The molecule has 0 aliphatic carbocycles. The molecule has 0 aromatic carbocycles. The van der Waals surface area contributed by atoms with Crippen molar-refractivity contribution in [2.75, 3.05) is 32.1 Å². The molecule has 1 rings (SSSR count). The van der Waals surface area contributed by atoms with E-state index >= 15 is 0 Å². The van der Waals surface area contributed by atoms with Gasteiger partial charge < -0.3 is 4.74 Å². The van der Waals surface area contributed by atoms with Crippen molar-refractivity contribution < 1.29 is 13.2 Å². The van der Waals surface area contributed by atoms with Gasteiger partial charge in [0.15, 0.2) is 4.21 Å². The van der Waals surface area contributed by atoms with Crippen molar-refractivity contribution in [2.24, 2.45) is 0 Å². The Kier molecular flexibility index (Phi) is 6.01. The second kappa shape index (κ2) is 6.79. The molecule has 0 aliphatic rings. The molecular weight excluding hydrogens is 328 g/mol. The number of aryl methyl sites for hydroxylation is 1. The number of alkyl halides is 1. The number of halogens is 1. The number of aromatic nitrogens is 1. The van der Waals surface area contributed by atoms with E-state index in [0.717, 1.165) is 5.01 Å². The predicted octanol–water partition coefficient (Wildman–Crippen LogP) is 1.48. The van der Waals surface area contributed by atoms with Gasteiger partial charge in [0.25, 0.3) is 10.0 Å². The van der Waals surface area contributed by atoms with Crippen molar-refractivity contribution in [2.45, 2.75) is 11.1 Å². The summed E-state index contributed by atoms with van der Waals surface area (Å²) in [5.74, 6) is 0. The lowest BCUT2D eigenvalue weighted by molar-refractivity contribution is 0.181. The van der Waals surface area contributed by atoms with Crippen LogP contribution >= 0.6 is 27.3 Å². The smallest absolute Gasteiger partial charge is 0.254 e. The second-order valence-electron chi connectivity index (χ2n) is 3.28. The lowest BCUT2D eigenvalue weighted by Gasteiger charge is -2.19. The minimum atomic E-state index is -3.44. The molecule has 0 aliphatic heterocycles. The van der Waals surface area contributed by atoms with Crippen molar-refractivity contribution in [3.63, 3.8) is 0 Å². The number of rotatable bonds is 7. The lowest BCUT2D eigenvalue weighted by atomic mass is 10.6. The van der Waals surface area contributed by atoms with Gasteiger partial charge >= 0.3 is 0 Å². The molecule has 0 fully saturated rings. The van der Waals surface area contributed by atoms with E-state index < -0.39 is 10.0 Å². The Balaban J connectivity index is 2.91. The molecule has 0 radical (unpaired) electrons. The van der Waals surface area contributed by atoms with Gasteiger partial charge in [0, 0.05) is 25.5 Å². The largest absolute Gasteiger partial charge is 0.383 e. The van der Waals surface area contributed by atoms with Crippen LogP contribution in [0.25, 0.3) is 0 Å². The molecule has 5 nitrogen and oxygen atoms in total. The fraction of sp³-hybridized carbons (Fsp3) is 0.667. The summed E-state index contributed by atoms with van der Waals surface area (Å²) >= 11 is 4.44. The Morgan fingerprint density at radius 1 is 1.53 bits per heavy atom. The Morgan fingerprint density at radius 2 is 2.24 bits per heavy atom. The molecule has 0 amide bonds. The molecule has 98 valence electrons. The van der Waals surface area contributed by atoms with E-state index in [1.54, 1.807) is 14.0 Å². The van der Waals surface area contributed by atoms with E-state index in [2.05, 4.69) is 20.9 Å². The van der Waals surface area contributed by atoms with Crippen LogP contribution in [0.4, 0.5) is 0 Å². The van der Waals surface area contributed by atoms with Crippen LogP contribution in [0.3, 0.4) is 0 Å². The molecule has 0 saturated heterocycles. The molecule has 1 aromatic heterocycles. The average Bonchev–Trinajstić information content (AvgIpc) is 2.71. The number of methoxy groups -OCH3 is 1. The van der Waals surface area contributed by atoms with Gasteiger partial charge in [-0.15, -0.1) is 11.3 Å². The topological polar surface area (TPSA) is 59.5 Å². The van der Waals surface area contributed by atoms with Gasteiger partial charge in [-0.25, -0.2) is 13.4 Å². The summed E-state index contributed by atoms with van der Waals surface area (Å²) in [5, 5.41) is 1.34. The third-order valence-electron chi connectivity index (χ3n) is 2.07. The fourth-order valence-corrected chi connectivity index (χ4v) is 4.58. The fourth-order valence-electron chi connectivity index (χ4n) is 1.23. The monoisotopic (exact) mass is 342 g/mol. The van der Waals surface area contributed by atoms with Gasteiger partial charge in [-0.2, -0.15) is 4.31 Å². The van der Waals surface area contributed by atoms with E-state index in [9.17, 15) is 8.42 Å². The van der Waals surface area contributed by atoms with Crippen LogP contribution in [0, 0.1) is 6.92 Å². The van der Waals surface area contributed by atoms with Gasteiger partial charge in [-0.05, 0) is 6.92 Å². The molecule has 8 heteroatoms. The average molecular weight is 343 g/mol. The maximum Gasteiger partial charge on any atom is 0.254 e. The van der Waals surface area contributed by atoms with Gasteiger partial charge in [0.2, 0.25) is 0 Å². The van der Waals surface area contributed by atoms with E-state index in [-0.39, 0.29) is 4.21 Å². The lowest BCUT2D eigenvalue weighted by Crippen LogP contribution is -2.35. The first-order valence-corrected chi connectivity index (χ1v) is 8.37. The predicted molar refractivity (Wildman–Crippen MR) is 71.3 cm³/mol. The number of ether oxygens (including phenoxy) is 1. The summed E-state index contributed by atoms with van der Waals surface area (Å²) < 4.78 is 31.1. The Labute approximate surface area is 114 Å². The second-order valence-corrected chi connectivity index (χ2v) is 7.48. The molecular formula is C9H15BrN2O3S2. The van der Waals surface area contributed by atoms with Crippen LogP contribution in [0.2, 0.25) is 0 Å². The van der Waals surface area contributed by atoms with Crippen LogP contribution < -0.4 is 0 Å². The molecule has 1 aromatic rings. The van der Waals surface area contributed by atoms with Crippen molar-refractivity contribution in [3.8, 4) is 0 Å². The zero-order valence-corrected chi connectivity index (χ0v) is 12.9. The molecule has 1 heterocycles. The van der Waals surface area contributed by atoms with Gasteiger partial charge in [-0.3, -0.25) is 0 Å². The first-order chi connectivity index (χ1) is 8.02. The summed E-state index contributed by atoms with van der Waals surface area (Å²) in [6, 6.07) is 0. The highest BCUT2D eigenvalue weighted by Crippen LogP contribution is 2.22. The summed E-state index contributed by atoms with van der Waals surface area (Å²) in [5.41, 5.74) is 0. The summed E-state index contributed by atoms with van der Waals surface area (Å²) in [6.07, 6.45) is 1.41. The third-order valence-corrected chi connectivity index (χ3v) is 5.68. The Morgan fingerprint density at radius 3 is 2.71 bits per heavy atom. The van der Waals surface area contributed by atoms with Crippen molar-refractivity contribution in [3.05, 3.63) is 11.2 Å². The number of hydrogen-bond acceptors (Lipinski definition) is 5. The van der Waals surface area contributed by atoms with Crippen LogP contribution in [0.15, 0.2) is 10.4 Å². The van der Waals surface area contributed by atoms with Gasteiger partial charge in [-0.1, -0.05) is 15.9 Å². The number of sulfonamides is 1. The molecule has 0 saturated carbocycles. The van der Waals surface area contributed by atoms with Crippen LogP contribution in [-0.2, 0) is 14.8 Å². The number of thiazole rings is 1. The Hall–Kier alpha value is -0.0200. The summed E-state index contributed by atoms with van der Waals surface area (Å²) in [4.78, 5) is 3.98. The highest BCUT2D eigenvalue weighted by molar-refractivity contribution is 9.09. The molecule has 0 unspecified atom stereocenters. The number of hydrogen-bond donors (Lipinski definition) is 0.